The van der Waals surface area contributed by atoms with Gasteiger partial charge in [-0.2, -0.15) is 4.31 Å². The summed E-state index contributed by atoms with van der Waals surface area (Å²) < 4.78 is 28.2. The van der Waals surface area contributed by atoms with E-state index < -0.39 is 10.0 Å². The summed E-state index contributed by atoms with van der Waals surface area (Å²) in [5, 5.41) is 1.98. The van der Waals surface area contributed by atoms with Crippen molar-refractivity contribution < 1.29 is 8.42 Å². The molecule has 2 aromatic rings. The van der Waals surface area contributed by atoms with Crippen LogP contribution in [0.3, 0.4) is 0 Å². The van der Waals surface area contributed by atoms with Crippen LogP contribution in [0.5, 0.6) is 0 Å². The minimum absolute atomic E-state index is 0.275. The molecule has 21 heavy (non-hydrogen) atoms. The van der Waals surface area contributed by atoms with Crippen molar-refractivity contribution in [1.82, 2.24) is 4.31 Å². The second-order valence-corrected chi connectivity index (χ2v) is 9.54. The third kappa shape index (κ3) is 3.59. The first-order chi connectivity index (χ1) is 9.73. The van der Waals surface area contributed by atoms with Crippen LogP contribution in [0.25, 0.3) is 0 Å². The van der Waals surface area contributed by atoms with Gasteiger partial charge in [-0.25, -0.2) is 8.42 Å². The van der Waals surface area contributed by atoms with Crippen molar-refractivity contribution in [1.29, 1.82) is 0 Å². The molecule has 114 valence electrons. The van der Waals surface area contributed by atoms with Crippen molar-refractivity contribution >= 4 is 53.2 Å². The molecule has 0 saturated carbocycles. The van der Waals surface area contributed by atoms with Gasteiger partial charge in [0.25, 0.3) is 0 Å². The molecule has 0 atom stereocenters. The first kappa shape index (κ1) is 17.1. The van der Waals surface area contributed by atoms with Gasteiger partial charge in [0, 0.05) is 27.4 Å². The highest BCUT2D eigenvalue weighted by atomic mass is 79.9. The largest absolute Gasteiger partial charge is 0.244 e. The van der Waals surface area contributed by atoms with Crippen LogP contribution in [0.15, 0.2) is 37.4 Å². The van der Waals surface area contributed by atoms with Crippen molar-refractivity contribution in [2.75, 3.05) is 7.05 Å². The van der Waals surface area contributed by atoms with E-state index in [9.17, 15) is 8.42 Å². The maximum Gasteiger partial charge on any atom is 0.244 e. The minimum Gasteiger partial charge on any atom is -0.207 e. The lowest BCUT2D eigenvalue weighted by Gasteiger charge is -2.18. The second-order valence-electron chi connectivity index (χ2n) is 4.82. The van der Waals surface area contributed by atoms with E-state index >= 15 is 0 Å². The summed E-state index contributed by atoms with van der Waals surface area (Å²) in [4.78, 5) is 1.33. The van der Waals surface area contributed by atoms with E-state index in [2.05, 4.69) is 31.9 Å². The fourth-order valence-electron chi connectivity index (χ4n) is 1.85. The van der Waals surface area contributed by atoms with Gasteiger partial charge in [0.1, 0.15) is 0 Å². The van der Waals surface area contributed by atoms with E-state index in [0.717, 1.165) is 20.5 Å². The van der Waals surface area contributed by atoms with Crippen molar-refractivity contribution in [3.63, 3.8) is 0 Å². The van der Waals surface area contributed by atoms with Gasteiger partial charge >= 0.3 is 0 Å². The minimum atomic E-state index is -3.54. The van der Waals surface area contributed by atoms with E-state index in [4.69, 9.17) is 0 Å². The van der Waals surface area contributed by atoms with E-state index in [1.54, 1.807) is 30.5 Å². The molecular weight excluding hydrogens is 438 g/mol. The Morgan fingerprint density at radius 3 is 2.38 bits per heavy atom. The highest BCUT2D eigenvalue weighted by Crippen LogP contribution is 2.31. The molecule has 0 fully saturated rings. The van der Waals surface area contributed by atoms with Crippen LogP contribution < -0.4 is 0 Å². The second kappa shape index (κ2) is 6.50. The van der Waals surface area contributed by atoms with Crippen LogP contribution >= 0.6 is 43.2 Å². The number of thiophene rings is 1. The molecule has 0 aliphatic carbocycles. The van der Waals surface area contributed by atoms with Crippen LogP contribution in [0.1, 0.15) is 16.0 Å². The molecule has 0 unspecified atom stereocenters. The van der Waals surface area contributed by atoms with E-state index in [1.807, 2.05) is 25.3 Å². The summed E-state index contributed by atoms with van der Waals surface area (Å²) in [6, 6.07) is 5.45. The smallest absolute Gasteiger partial charge is 0.207 e. The monoisotopic (exact) mass is 451 g/mol. The fourth-order valence-corrected chi connectivity index (χ4v) is 5.66. The molecular formula is C14H15Br2NO2S2. The standard InChI is InChI=1S/C14H15Br2NO2S2/c1-9-4-5-20-13(9)8-17(3)21(18,19)14-7-11(15)10(2)6-12(14)16/h4-7H,8H2,1-3H3. The molecule has 0 amide bonds. The Hall–Kier alpha value is -0.210. The Bertz CT molecular complexity index is 769. The van der Waals surface area contributed by atoms with Crippen molar-refractivity contribution in [3.8, 4) is 0 Å². The summed E-state index contributed by atoms with van der Waals surface area (Å²) in [5.41, 5.74) is 2.10. The lowest BCUT2D eigenvalue weighted by Crippen LogP contribution is -2.26. The zero-order chi connectivity index (χ0) is 15.8. The van der Waals surface area contributed by atoms with Crippen LogP contribution in [-0.4, -0.2) is 19.8 Å². The number of nitrogens with zero attached hydrogens (tertiary/aromatic N) is 1. The number of aryl methyl sites for hydroxylation is 2. The molecule has 0 aliphatic rings. The summed E-state index contributed by atoms with van der Waals surface area (Å²) in [6.45, 7) is 4.29. The molecule has 3 nitrogen and oxygen atoms in total. The van der Waals surface area contributed by atoms with Gasteiger partial charge < -0.3 is 0 Å². The molecule has 0 spiro atoms. The molecule has 0 N–H and O–H groups in total. The van der Waals surface area contributed by atoms with Gasteiger partial charge in [-0.3, -0.25) is 0 Å². The third-order valence-electron chi connectivity index (χ3n) is 3.24. The molecule has 0 radical (unpaired) electrons. The van der Waals surface area contributed by atoms with Gasteiger partial charge in [0.15, 0.2) is 0 Å². The number of hydrogen-bond donors (Lipinski definition) is 0. The molecule has 0 saturated heterocycles. The molecule has 0 bridgehead atoms. The molecule has 2 rings (SSSR count). The van der Waals surface area contributed by atoms with E-state index in [0.29, 0.717) is 11.0 Å². The normalized spacial score (nSPS) is 12.1. The highest BCUT2D eigenvalue weighted by Gasteiger charge is 2.25. The Labute approximate surface area is 146 Å². The number of benzene rings is 1. The first-order valence-electron chi connectivity index (χ1n) is 6.18. The quantitative estimate of drug-likeness (QED) is 0.673. The highest BCUT2D eigenvalue weighted by molar-refractivity contribution is 9.11. The Kier molecular flexibility index (Phi) is 5.31. The number of hydrogen-bond acceptors (Lipinski definition) is 3. The Morgan fingerprint density at radius 1 is 1.14 bits per heavy atom. The van der Waals surface area contributed by atoms with Crippen molar-refractivity contribution in [2.24, 2.45) is 0 Å². The molecule has 1 aromatic heterocycles. The summed E-state index contributed by atoms with van der Waals surface area (Å²) in [6.07, 6.45) is 0. The van der Waals surface area contributed by atoms with Gasteiger partial charge in [0.05, 0.1) is 4.90 Å². The van der Waals surface area contributed by atoms with E-state index in [1.165, 1.54) is 4.31 Å². The van der Waals surface area contributed by atoms with Crippen molar-refractivity contribution in [2.45, 2.75) is 25.3 Å². The van der Waals surface area contributed by atoms with Crippen LogP contribution in [-0.2, 0) is 16.6 Å². The van der Waals surface area contributed by atoms with Crippen molar-refractivity contribution in [3.05, 3.63) is 48.5 Å². The molecule has 0 aliphatic heterocycles. The Morgan fingerprint density at radius 2 is 1.81 bits per heavy atom. The van der Waals surface area contributed by atoms with Crippen LogP contribution in [0.4, 0.5) is 0 Å². The van der Waals surface area contributed by atoms with Gasteiger partial charge in [-0.15, -0.1) is 11.3 Å². The van der Waals surface area contributed by atoms with Crippen LogP contribution in [0.2, 0.25) is 0 Å². The summed E-state index contributed by atoms with van der Waals surface area (Å²) in [5.74, 6) is 0. The zero-order valence-electron chi connectivity index (χ0n) is 11.9. The maximum atomic E-state index is 12.7. The molecule has 1 heterocycles. The molecule has 7 heteroatoms. The zero-order valence-corrected chi connectivity index (χ0v) is 16.7. The average molecular weight is 453 g/mol. The average Bonchev–Trinajstić information content (AvgIpc) is 2.79. The first-order valence-corrected chi connectivity index (χ1v) is 10.1. The SMILES string of the molecule is Cc1cc(Br)c(S(=O)(=O)N(C)Cc2sccc2C)cc1Br. The number of rotatable bonds is 4. The van der Waals surface area contributed by atoms with Gasteiger partial charge in [0.2, 0.25) is 10.0 Å². The molecule has 1 aromatic carbocycles. The summed E-state index contributed by atoms with van der Waals surface area (Å²) >= 11 is 8.32. The van der Waals surface area contributed by atoms with E-state index in [-0.39, 0.29) is 4.90 Å². The topological polar surface area (TPSA) is 37.4 Å². The predicted molar refractivity (Wildman–Crippen MR) is 94.3 cm³/mol. The van der Waals surface area contributed by atoms with Gasteiger partial charge in [-0.05, 0) is 64.5 Å². The predicted octanol–water partition coefficient (Wildman–Crippen LogP) is 4.71. The summed E-state index contributed by atoms with van der Waals surface area (Å²) in [7, 11) is -1.93. The Balaban J connectivity index is 2.38. The maximum absolute atomic E-state index is 12.7. The lowest BCUT2D eigenvalue weighted by molar-refractivity contribution is 0.468. The fraction of sp³-hybridized carbons (Fsp3) is 0.286. The van der Waals surface area contributed by atoms with Crippen LogP contribution in [0, 0.1) is 13.8 Å². The number of halogens is 2. The van der Waals surface area contributed by atoms with Gasteiger partial charge in [-0.1, -0.05) is 15.9 Å². The number of sulfonamides is 1. The lowest BCUT2D eigenvalue weighted by atomic mass is 10.2. The third-order valence-corrected chi connectivity index (χ3v) is 7.86.